The molecule has 0 spiro atoms. The van der Waals surface area contributed by atoms with Gasteiger partial charge in [0.2, 0.25) is 5.91 Å². The molecule has 2 aliphatic heterocycles. The predicted octanol–water partition coefficient (Wildman–Crippen LogP) is 0.416. The van der Waals surface area contributed by atoms with E-state index in [9.17, 15) is 4.79 Å². The number of carbonyl (C=O) groups is 1. The second-order valence-corrected chi connectivity index (χ2v) is 6.63. The van der Waals surface area contributed by atoms with Crippen LogP contribution < -0.4 is 5.32 Å². The normalized spacial score (nSPS) is 21.0. The molecule has 0 aliphatic carbocycles. The van der Waals surface area contributed by atoms with Crippen molar-refractivity contribution in [3.63, 3.8) is 0 Å². The van der Waals surface area contributed by atoms with Crippen LogP contribution in [0.2, 0.25) is 0 Å². The molecular formula is C16H30Cl2N6O2. The number of morpholine rings is 1. The lowest BCUT2D eigenvalue weighted by molar-refractivity contribution is -0.131. The summed E-state index contributed by atoms with van der Waals surface area (Å²) >= 11 is 0. The average molecular weight is 409 g/mol. The Balaban J connectivity index is 0.00000169. The standard InChI is InChI=1S/C16H28N6O2.2ClH/c1-17-10-15(23)22-5-3-4-13(11-22)16-19-18-14(20(16)2)12-21-6-8-24-9-7-21;;/h13,17H,3-12H2,1-2H3;2*1H. The van der Waals surface area contributed by atoms with Crippen molar-refractivity contribution in [2.75, 3.05) is 53.0 Å². The summed E-state index contributed by atoms with van der Waals surface area (Å²) in [5.41, 5.74) is 0. The summed E-state index contributed by atoms with van der Waals surface area (Å²) < 4.78 is 7.51. The summed E-state index contributed by atoms with van der Waals surface area (Å²) in [5, 5.41) is 11.8. The Morgan fingerprint density at radius 3 is 2.65 bits per heavy atom. The van der Waals surface area contributed by atoms with Gasteiger partial charge in [-0.05, 0) is 19.9 Å². The van der Waals surface area contributed by atoms with E-state index in [1.807, 2.05) is 11.9 Å². The number of likely N-dealkylation sites (N-methyl/N-ethyl adjacent to an activating group) is 1. The number of amides is 1. The van der Waals surface area contributed by atoms with Gasteiger partial charge in [-0.1, -0.05) is 0 Å². The quantitative estimate of drug-likeness (QED) is 0.760. The number of hydrogen-bond donors (Lipinski definition) is 1. The van der Waals surface area contributed by atoms with E-state index < -0.39 is 0 Å². The summed E-state index contributed by atoms with van der Waals surface area (Å²) in [5.74, 6) is 2.43. The highest BCUT2D eigenvalue weighted by Crippen LogP contribution is 2.26. The van der Waals surface area contributed by atoms with Gasteiger partial charge < -0.3 is 19.5 Å². The van der Waals surface area contributed by atoms with E-state index in [1.54, 1.807) is 7.05 Å². The zero-order valence-corrected chi connectivity index (χ0v) is 17.2. The fourth-order valence-corrected chi connectivity index (χ4v) is 3.51. The van der Waals surface area contributed by atoms with E-state index in [-0.39, 0.29) is 36.6 Å². The number of ether oxygens (including phenoxy) is 1. The van der Waals surface area contributed by atoms with Crippen LogP contribution in [0.5, 0.6) is 0 Å². The van der Waals surface area contributed by atoms with Crippen molar-refractivity contribution in [1.82, 2.24) is 29.9 Å². The van der Waals surface area contributed by atoms with Gasteiger partial charge in [-0.3, -0.25) is 9.69 Å². The fourth-order valence-electron chi connectivity index (χ4n) is 3.51. The highest BCUT2D eigenvalue weighted by molar-refractivity contribution is 5.85. The monoisotopic (exact) mass is 408 g/mol. The number of rotatable bonds is 5. The van der Waals surface area contributed by atoms with Crippen LogP contribution in [0.15, 0.2) is 0 Å². The molecule has 150 valence electrons. The molecule has 8 nitrogen and oxygen atoms in total. The van der Waals surface area contributed by atoms with Crippen LogP contribution in [-0.4, -0.2) is 83.5 Å². The minimum Gasteiger partial charge on any atom is -0.379 e. The minimum atomic E-state index is 0. The maximum absolute atomic E-state index is 12.1. The molecule has 1 N–H and O–H groups in total. The number of aromatic nitrogens is 3. The minimum absolute atomic E-state index is 0. The fraction of sp³-hybridized carbons (Fsp3) is 0.812. The largest absolute Gasteiger partial charge is 0.379 e. The van der Waals surface area contributed by atoms with E-state index in [0.29, 0.717) is 6.54 Å². The maximum Gasteiger partial charge on any atom is 0.236 e. The van der Waals surface area contributed by atoms with Crippen LogP contribution in [-0.2, 0) is 23.1 Å². The van der Waals surface area contributed by atoms with Gasteiger partial charge in [0.1, 0.15) is 11.6 Å². The predicted molar refractivity (Wildman–Crippen MR) is 104 cm³/mol. The first-order valence-corrected chi connectivity index (χ1v) is 8.79. The smallest absolute Gasteiger partial charge is 0.236 e. The van der Waals surface area contributed by atoms with Gasteiger partial charge in [-0.15, -0.1) is 35.0 Å². The average Bonchev–Trinajstić information content (AvgIpc) is 2.97. The van der Waals surface area contributed by atoms with E-state index >= 15 is 0 Å². The summed E-state index contributed by atoms with van der Waals surface area (Å²) in [6.07, 6.45) is 2.08. The molecule has 1 aromatic heterocycles. The molecule has 0 saturated carbocycles. The van der Waals surface area contributed by atoms with E-state index in [0.717, 1.165) is 70.4 Å². The first-order valence-electron chi connectivity index (χ1n) is 8.79. The number of nitrogens with zero attached hydrogens (tertiary/aromatic N) is 5. The number of piperidine rings is 1. The molecule has 0 bridgehead atoms. The molecule has 10 heteroatoms. The highest BCUT2D eigenvalue weighted by Gasteiger charge is 2.28. The zero-order valence-electron chi connectivity index (χ0n) is 15.5. The topological polar surface area (TPSA) is 75.5 Å². The van der Waals surface area contributed by atoms with Crippen molar-refractivity contribution in [1.29, 1.82) is 0 Å². The Morgan fingerprint density at radius 1 is 1.23 bits per heavy atom. The molecular weight excluding hydrogens is 379 g/mol. The second kappa shape index (κ2) is 11.0. The lowest BCUT2D eigenvalue weighted by Crippen LogP contribution is -2.43. The van der Waals surface area contributed by atoms with Crippen LogP contribution in [0.3, 0.4) is 0 Å². The molecule has 1 amide bonds. The molecule has 2 saturated heterocycles. The molecule has 26 heavy (non-hydrogen) atoms. The SMILES string of the molecule is CNCC(=O)N1CCCC(c2nnc(CN3CCOCC3)n2C)C1.Cl.Cl. The molecule has 2 aliphatic rings. The number of carbonyl (C=O) groups excluding carboxylic acids is 1. The van der Waals surface area contributed by atoms with Crippen LogP contribution >= 0.6 is 24.8 Å². The van der Waals surface area contributed by atoms with Crippen LogP contribution in [0, 0.1) is 0 Å². The van der Waals surface area contributed by atoms with Gasteiger partial charge >= 0.3 is 0 Å². The number of likely N-dealkylation sites (tertiary alicyclic amines) is 1. The Bertz CT molecular complexity index is 565. The summed E-state index contributed by atoms with van der Waals surface area (Å²) in [6, 6.07) is 0. The van der Waals surface area contributed by atoms with Crippen molar-refractivity contribution in [2.45, 2.75) is 25.3 Å². The molecule has 1 unspecified atom stereocenters. The van der Waals surface area contributed by atoms with Crippen LogP contribution in [0.25, 0.3) is 0 Å². The van der Waals surface area contributed by atoms with E-state index in [2.05, 4.69) is 25.0 Å². The molecule has 1 atom stereocenters. The third-order valence-corrected chi connectivity index (χ3v) is 4.93. The third-order valence-electron chi connectivity index (χ3n) is 4.93. The van der Waals surface area contributed by atoms with Gasteiger partial charge in [-0.2, -0.15) is 0 Å². The molecule has 0 radical (unpaired) electrons. The van der Waals surface area contributed by atoms with Crippen molar-refractivity contribution in [3.8, 4) is 0 Å². The van der Waals surface area contributed by atoms with E-state index in [4.69, 9.17) is 4.74 Å². The Labute approximate surface area is 167 Å². The first kappa shape index (κ1) is 23.1. The van der Waals surface area contributed by atoms with Gasteiger partial charge in [0.15, 0.2) is 0 Å². The lowest BCUT2D eigenvalue weighted by Gasteiger charge is -2.32. The first-order chi connectivity index (χ1) is 11.7. The summed E-state index contributed by atoms with van der Waals surface area (Å²) in [6.45, 7) is 6.25. The summed E-state index contributed by atoms with van der Waals surface area (Å²) in [4.78, 5) is 16.4. The van der Waals surface area contributed by atoms with Gasteiger partial charge in [0, 0.05) is 39.1 Å². The van der Waals surface area contributed by atoms with Gasteiger partial charge in [0.25, 0.3) is 0 Å². The maximum atomic E-state index is 12.1. The van der Waals surface area contributed by atoms with Crippen LogP contribution in [0.1, 0.15) is 30.4 Å². The zero-order chi connectivity index (χ0) is 16.9. The lowest BCUT2D eigenvalue weighted by atomic mass is 9.97. The number of hydrogen-bond acceptors (Lipinski definition) is 6. The molecule has 3 heterocycles. The second-order valence-electron chi connectivity index (χ2n) is 6.63. The molecule has 3 rings (SSSR count). The summed E-state index contributed by atoms with van der Waals surface area (Å²) in [7, 11) is 3.85. The molecule has 2 fully saturated rings. The number of nitrogens with one attached hydrogen (secondary N) is 1. The Kier molecular flexibility index (Phi) is 9.81. The van der Waals surface area contributed by atoms with Crippen molar-refractivity contribution >= 4 is 30.7 Å². The van der Waals surface area contributed by atoms with Crippen molar-refractivity contribution in [2.24, 2.45) is 7.05 Å². The highest BCUT2D eigenvalue weighted by atomic mass is 35.5. The molecule has 1 aromatic rings. The van der Waals surface area contributed by atoms with E-state index in [1.165, 1.54) is 0 Å². The van der Waals surface area contributed by atoms with Crippen molar-refractivity contribution < 1.29 is 9.53 Å². The van der Waals surface area contributed by atoms with Gasteiger partial charge in [0.05, 0.1) is 26.3 Å². The van der Waals surface area contributed by atoms with Crippen LogP contribution in [0.4, 0.5) is 0 Å². The molecule has 0 aromatic carbocycles. The van der Waals surface area contributed by atoms with Gasteiger partial charge in [-0.25, -0.2) is 0 Å². The Morgan fingerprint density at radius 2 is 1.96 bits per heavy atom. The van der Waals surface area contributed by atoms with Crippen molar-refractivity contribution in [3.05, 3.63) is 11.6 Å². The third kappa shape index (κ3) is 5.53. The Hall–Kier alpha value is -0.930. The number of halogens is 2.